The third-order valence-electron chi connectivity index (χ3n) is 16.9. The molecule has 30 saturated heterocycles. The molecule has 0 amide bonds. The minimum absolute atomic E-state index is 1.08. The highest BCUT2D eigenvalue weighted by Crippen LogP contribution is 2.40. The second-order valence-electron chi connectivity index (χ2n) is 22.5. The Bertz CT molecular complexity index is 1700. The molecule has 512 valence electrons. The van der Waals surface area contributed by atoms with Gasteiger partial charge in [-0.25, -0.2) is 0 Å². The molecule has 0 spiro atoms. The van der Waals surface area contributed by atoms with Gasteiger partial charge in [0.05, 0.1) is 52.9 Å². The van der Waals surface area contributed by atoms with Gasteiger partial charge in [0.15, 0.2) is 50.3 Å². The van der Waals surface area contributed by atoms with Crippen LogP contribution in [0.5, 0.6) is 0 Å². The molecule has 30 aliphatic heterocycles. The van der Waals surface area contributed by atoms with Crippen LogP contribution in [0.4, 0.5) is 0 Å². The first-order valence-electron chi connectivity index (χ1n) is 28.1. The van der Waals surface area contributed by atoms with Gasteiger partial charge in [0, 0.05) is 0 Å². The minimum atomic E-state index is -2.25. The van der Waals surface area contributed by atoms with E-state index in [2.05, 4.69) is 0 Å². The Morgan fingerprint density at radius 3 is 0.307 bits per heavy atom. The van der Waals surface area contributed by atoms with Crippen LogP contribution in [0, 0.1) is 0 Å². The van der Waals surface area contributed by atoms with Crippen LogP contribution in [0.25, 0.3) is 0 Å². The maximum absolute atomic E-state index is 11.4. The Kier molecular flexibility index (Phi) is 24.1. The van der Waals surface area contributed by atoms with E-state index >= 15 is 0 Å². The van der Waals surface area contributed by atoms with Crippen molar-refractivity contribution in [2.45, 2.75) is 246 Å². The van der Waals surface area contributed by atoms with Gasteiger partial charge in [0.1, 0.15) is 195 Å². The van der Waals surface area contributed by atoms with Crippen LogP contribution >= 0.6 is 0 Å². The average molecular weight is 1300 g/mol. The first-order valence-corrected chi connectivity index (χ1v) is 28.1. The van der Waals surface area contributed by atoms with Crippen LogP contribution < -0.4 is 0 Å². The summed E-state index contributed by atoms with van der Waals surface area (Å²) in [6.07, 6.45) is -82.0. The molecule has 40 heteroatoms. The van der Waals surface area contributed by atoms with E-state index in [-0.39, 0.29) is 0 Å². The van der Waals surface area contributed by atoms with Gasteiger partial charge in [-0.2, -0.15) is 0 Å². The smallest absolute Gasteiger partial charge is 0.187 e. The van der Waals surface area contributed by atoms with Crippen LogP contribution in [0.2, 0.25) is 0 Å². The van der Waals surface area contributed by atoms with E-state index in [9.17, 15) is 123 Å². The van der Waals surface area contributed by atoms with Crippen molar-refractivity contribution in [3.63, 3.8) is 0 Å². The molecule has 0 aromatic heterocycles. The maximum Gasteiger partial charge on any atom is 0.187 e. The predicted octanol–water partition coefficient (Wildman–Crippen LogP) is -17.4. The largest absolute Gasteiger partial charge is 0.394 e. The normalized spacial score (nSPS) is 55.4. The lowest BCUT2D eigenvalue weighted by Gasteiger charge is -2.50. The number of aliphatic hydroxyl groups excluding tert-OH is 24. The number of ether oxygens (including phenoxy) is 16. The van der Waals surface area contributed by atoms with E-state index in [0.29, 0.717) is 0 Å². The van der Waals surface area contributed by atoms with Crippen molar-refractivity contribution in [1.29, 1.82) is 0 Å². The molecule has 0 saturated carbocycles. The minimum Gasteiger partial charge on any atom is -0.394 e. The third-order valence-corrected chi connectivity index (χ3v) is 16.9. The molecule has 30 heterocycles. The van der Waals surface area contributed by atoms with Gasteiger partial charge in [-0.05, 0) is 0 Å². The number of aliphatic hydroxyl groups is 24. The van der Waals surface area contributed by atoms with Crippen LogP contribution in [0.15, 0.2) is 0 Å². The molecule has 30 aliphatic rings. The van der Waals surface area contributed by atoms with Gasteiger partial charge in [-0.15, -0.1) is 0 Å². The van der Waals surface area contributed by atoms with E-state index in [0.717, 1.165) is 0 Å². The van der Waals surface area contributed by atoms with E-state index in [1.165, 1.54) is 0 Å². The maximum atomic E-state index is 11.4. The van der Waals surface area contributed by atoms with E-state index in [1.807, 2.05) is 0 Å². The van der Waals surface area contributed by atoms with Gasteiger partial charge >= 0.3 is 0 Å². The highest BCUT2D eigenvalue weighted by molar-refractivity contribution is 5.02. The number of hydrogen-bond acceptors (Lipinski definition) is 40. The lowest BCUT2D eigenvalue weighted by atomic mass is 9.94. The molecule has 40 atom stereocenters. The molecule has 0 aliphatic carbocycles. The lowest BCUT2D eigenvalue weighted by molar-refractivity contribution is -0.404. The SMILES string of the molecule is OC[C@@H]1O[C@@H]2O[C@H]3[C@H](O)[C@@H](O)[C@@H](O[C@H]4[C@@H](O)[C@H](O)[C@@H](O[C@H]5[C@H](O)[C@H](O)[C@@H](O[C@H]6[C@@H](O)[C@H](O)[C@@H](O[C@H]7[C@@H](O)[C@H](O)[C@@H](O[C@H]8[C@H](O)[C@@H](O)[C@@H](O[C@H]9[C@H](O)[C@@H](O)[C@@H](O[C@H]1[C@H](O)[C@H]2O)O[C@H]9CO)O[C@@H]8CO)O[C@@H]7CO)O[C@@H]6CO)O[C@@H]5CO)O[C@@H]4CO)O[C@H]3CO. The summed E-state index contributed by atoms with van der Waals surface area (Å²) in [4.78, 5) is 0. The molecular formula is C48H80O40. The Morgan fingerprint density at radius 2 is 0.227 bits per heavy atom. The summed E-state index contributed by atoms with van der Waals surface area (Å²) in [6, 6.07) is 0. The van der Waals surface area contributed by atoms with Gasteiger partial charge in [0.25, 0.3) is 0 Å². The predicted molar refractivity (Wildman–Crippen MR) is 261 cm³/mol. The van der Waals surface area contributed by atoms with Crippen molar-refractivity contribution in [3.05, 3.63) is 0 Å². The zero-order valence-corrected chi connectivity index (χ0v) is 46.0. The Hall–Kier alpha value is -1.60. The highest BCUT2D eigenvalue weighted by atomic mass is 16.8. The molecule has 16 bridgehead atoms. The first kappa shape index (κ1) is 70.7. The third kappa shape index (κ3) is 13.8. The summed E-state index contributed by atoms with van der Waals surface area (Å²) in [7, 11) is 0. The summed E-state index contributed by atoms with van der Waals surface area (Å²) in [5.74, 6) is 0. The van der Waals surface area contributed by atoms with Crippen molar-refractivity contribution in [2.75, 3.05) is 52.9 Å². The van der Waals surface area contributed by atoms with Crippen LogP contribution in [0.1, 0.15) is 0 Å². The average Bonchev–Trinajstić information content (AvgIpc) is 1.09. The molecule has 30 rings (SSSR count). The number of rotatable bonds is 8. The first-order chi connectivity index (χ1) is 41.9. The van der Waals surface area contributed by atoms with Gasteiger partial charge < -0.3 is 198 Å². The molecule has 30 fully saturated rings. The molecular weight excluding hydrogens is 1220 g/mol. The summed E-state index contributed by atoms with van der Waals surface area (Å²) < 4.78 is 91.1. The van der Waals surface area contributed by atoms with E-state index < -0.39 is 299 Å². The van der Waals surface area contributed by atoms with E-state index in [4.69, 9.17) is 75.8 Å². The molecule has 0 unspecified atom stereocenters. The highest BCUT2D eigenvalue weighted by Gasteiger charge is 2.60. The van der Waals surface area contributed by atoms with Gasteiger partial charge in [-0.3, -0.25) is 0 Å². The lowest BCUT2D eigenvalue weighted by Crippen LogP contribution is -2.69. The van der Waals surface area contributed by atoms with Crippen molar-refractivity contribution >= 4 is 0 Å². The van der Waals surface area contributed by atoms with Crippen molar-refractivity contribution in [2.24, 2.45) is 0 Å². The zero-order valence-electron chi connectivity index (χ0n) is 46.0. The van der Waals surface area contributed by atoms with Crippen molar-refractivity contribution < 1.29 is 198 Å². The monoisotopic (exact) mass is 1300 g/mol. The molecule has 0 aromatic carbocycles. The van der Waals surface area contributed by atoms with E-state index in [1.54, 1.807) is 0 Å². The fraction of sp³-hybridized carbons (Fsp3) is 1.00. The Balaban J connectivity index is 0.975. The molecule has 0 aromatic rings. The van der Waals surface area contributed by atoms with Crippen LogP contribution in [-0.2, 0) is 75.8 Å². The quantitative estimate of drug-likeness (QED) is 0.107. The Morgan fingerprint density at radius 1 is 0.136 bits per heavy atom. The zero-order chi connectivity index (χ0) is 64.1. The van der Waals surface area contributed by atoms with Crippen molar-refractivity contribution in [1.82, 2.24) is 0 Å². The summed E-state index contributed by atoms with van der Waals surface area (Å²) in [5, 5.41) is 265. The molecule has 88 heavy (non-hydrogen) atoms. The molecule has 0 radical (unpaired) electrons. The molecule has 24 N–H and O–H groups in total. The summed E-state index contributed by atoms with van der Waals surface area (Å²) in [5.41, 5.74) is 0. The number of hydrogen-bond donors (Lipinski definition) is 24. The topological polar surface area (TPSA) is 633 Å². The standard InChI is InChI=1S/C48H80O40/c49-1-9-33-17(57)25(65)41(73-9)82-34-10(2-50)75-43(27(67)19(34)59)84-36-12(4-52)77-45(29(69)21(36)61)86-38-14(6-54)79-47(31(71)23(38)63)88-40-16(8-56)80-48(32(72)24(40)64)87-39-15(7-55)78-46(30(70)22(39)62)85-37-13(5-53)76-44(28(68)20(37)60)83-35-11(3-51)74-42(81-33)26(66)18(35)58/h9-72H,1-8H2/t9-,10-,11-,12-,13-,14+,15+,16+,17+,18-,19+,20+,21-,22-,23-,24-,25+,26+,27+,28+,29-,30-,31-,32-,33-,34-,35-,36-,37-,38-,39-,40-,41-,42-,43-,44-,45-,46-,47-,48-/m1/s1. The van der Waals surface area contributed by atoms with Crippen LogP contribution in [-0.4, -0.2) is 421 Å². The summed E-state index contributed by atoms with van der Waals surface area (Å²) in [6.45, 7) is -8.64. The molecule has 40 nitrogen and oxygen atoms in total. The van der Waals surface area contributed by atoms with Gasteiger partial charge in [-0.1, -0.05) is 0 Å². The Labute approximate surface area is 496 Å². The van der Waals surface area contributed by atoms with Crippen LogP contribution in [0.3, 0.4) is 0 Å². The summed E-state index contributed by atoms with van der Waals surface area (Å²) >= 11 is 0. The second-order valence-corrected chi connectivity index (χ2v) is 22.5. The fourth-order valence-electron chi connectivity index (χ4n) is 11.9. The second kappa shape index (κ2) is 30.0. The van der Waals surface area contributed by atoms with Crippen molar-refractivity contribution in [3.8, 4) is 0 Å². The fourth-order valence-corrected chi connectivity index (χ4v) is 11.9. The van der Waals surface area contributed by atoms with Gasteiger partial charge in [0.2, 0.25) is 0 Å².